The van der Waals surface area contributed by atoms with Crippen LogP contribution in [0.15, 0.2) is 24.3 Å². The van der Waals surface area contributed by atoms with Gasteiger partial charge >= 0.3 is 0 Å². The maximum absolute atomic E-state index is 12.2. The average molecular weight is 302 g/mol. The fourth-order valence-corrected chi connectivity index (χ4v) is 3.34. The molecule has 2 amide bonds. The lowest BCUT2D eigenvalue weighted by atomic mass is 10.1. The van der Waals surface area contributed by atoms with Crippen LogP contribution in [0, 0.1) is 5.92 Å². The van der Waals surface area contributed by atoms with E-state index in [0.29, 0.717) is 25.3 Å². The van der Waals surface area contributed by atoms with Crippen molar-refractivity contribution >= 4 is 11.8 Å². The van der Waals surface area contributed by atoms with E-state index in [-0.39, 0.29) is 17.9 Å². The largest absolute Gasteiger partial charge is 0.497 e. The third kappa shape index (κ3) is 3.24. The molecule has 0 spiro atoms. The van der Waals surface area contributed by atoms with E-state index in [1.165, 1.54) is 5.56 Å². The van der Waals surface area contributed by atoms with Gasteiger partial charge in [0.15, 0.2) is 0 Å². The van der Waals surface area contributed by atoms with Crippen molar-refractivity contribution in [2.45, 2.75) is 31.7 Å². The number of carbonyl (C=O) groups is 2. The summed E-state index contributed by atoms with van der Waals surface area (Å²) in [4.78, 5) is 25.4. The van der Waals surface area contributed by atoms with Crippen molar-refractivity contribution in [3.05, 3.63) is 29.8 Å². The first-order chi connectivity index (χ1) is 10.7. The molecule has 2 heterocycles. The summed E-state index contributed by atoms with van der Waals surface area (Å²) in [6.45, 7) is 1.41. The molecule has 0 aromatic heterocycles. The lowest BCUT2D eigenvalue weighted by Crippen LogP contribution is -2.35. The van der Waals surface area contributed by atoms with Crippen LogP contribution in [0.1, 0.15) is 24.8 Å². The lowest BCUT2D eigenvalue weighted by Gasteiger charge is -2.17. The molecule has 5 heteroatoms. The number of hydrogen-bond acceptors (Lipinski definition) is 3. The quantitative estimate of drug-likeness (QED) is 0.893. The Morgan fingerprint density at radius 2 is 2.09 bits per heavy atom. The van der Waals surface area contributed by atoms with E-state index < -0.39 is 0 Å². The number of likely N-dealkylation sites (tertiary alicyclic amines) is 1. The minimum atomic E-state index is 0.126. The monoisotopic (exact) mass is 302 g/mol. The van der Waals surface area contributed by atoms with Crippen LogP contribution in [0.5, 0.6) is 5.75 Å². The first-order valence-electron chi connectivity index (χ1n) is 7.86. The molecule has 0 bridgehead atoms. The van der Waals surface area contributed by atoms with Crippen molar-refractivity contribution in [1.29, 1.82) is 0 Å². The molecule has 0 radical (unpaired) electrons. The second kappa shape index (κ2) is 6.38. The second-order valence-corrected chi connectivity index (χ2v) is 6.14. The van der Waals surface area contributed by atoms with Crippen LogP contribution < -0.4 is 10.1 Å². The summed E-state index contributed by atoms with van der Waals surface area (Å²) in [6.07, 6.45) is 2.89. The number of amides is 2. The molecule has 3 rings (SSSR count). The molecule has 1 aromatic carbocycles. The van der Waals surface area contributed by atoms with Crippen LogP contribution in [-0.2, 0) is 16.0 Å². The molecule has 2 aliphatic rings. The summed E-state index contributed by atoms with van der Waals surface area (Å²) >= 11 is 0. The predicted octanol–water partition coefficient (Wildman–Crippen LogP) is 1.36. The molecule has 0 unspecified atom stereocenters. The first kappa shape index (κ1) is 14.9. The highest BCUT2D eigenvalue weighted by Crippen LogP contribution is 2.26. The first-order valence-corrected chi connectivity index (χ1v) is 7.86. The van der Waals surface area contributed by atoms with Gasteiger partial charge in [0.1, 0.15) is 5.75 Å². The van der Waals surface area contributed by atoms with Crippen LogP contribution in [0.4, 0.5) is 0 Å². The van der Waals surface area contributed by atoms with Crippen LogP contribution in [0.3, 0.4) is 0 Å². The second-order valence-electron chi connectivity index (χ2n) is 6.14. The standard InChI is InChI=1S/C17H22N2O3/c1-22-14-7-5-12(6-8-14)3-2-4-17(21)19-10-13-9-16(20)18-15(13)11-19/h5-8,13,15H,2-4,9-11H2,1H3,(H,18,20)/t13-,15+/m0/s1. The number of benzene rings is 1. The van der Waals surface area contributed by atoms with Gasteiger partial charge in [-0.15, -0.1) is 0 Å². The van der Waals surface area contributed by atoms with Crippen molar-refractivity contribution in [1.82, 2.24) is 10.2 Å². The van der Waals surface area contributed by atoms with Gasteiger partial charge in [-0.25, -0.2) is 0 Å². The number of rotatable bonds is 5. The molecule has 0 aliphatic carbocycles. The van der Waals surface area contributed by atoms with Crippen molar-refractivity contribution < 1.29 is 14.3 Å². The summed E-state index contributed by atoms with van der Waals surface area (Å²) in [7, 11) is 1.65. The topological polar surface area (TPSA) is 58.6 Å². The zero-order valence-corrected chi connectivity index (χ0v) is 12.9. The van der Waals surface area contributed by atoms with E-state index in [4.69, 9.17) is 4.74 Å². The Kier molecular flexibility index (Phi) is 4.32. The summed E-state index contributed by atoms with van der Waals surface area (Å²) < 4.78 is 5.13. The predicted molar refractivity (Wildman–Crippen MR) is 82.5 cm³/mol. The van der Waals surface area contributed by atoms with Gasteiger partial charge in [0.2, 0.25) is 11.8 Å². The van der Waals surface area contributed by atoms with Crippen molar-refractivity contribution in [3.8, 4) is 5.75 Å². The number of carbonyl (C=O) groups excluding carboxylic acids is 2. The van der Waals surface area contributed by atoms with E-state index in [2.05, 4.69) is 5.32 Å². The Bertz CT molecular complexity index is 540. The highest BCUT2D eigenvalue weighted by atomic mass is 16.5. The Morgan fingerprint density at radius 1 is 1.32 bits per heavy atom. The maximum atomic E-state index is 12.2. The molecular formula is C17H22N2O3. The molecule has 5 nitrogen and oxygen atoms in total. The number of methoxy groups -OCH3 is 1. The molecule has 1 aromatic rings. The number of nitrogens with zero attached hydrogens (tertiary/aromatic N) is 1. The van der Waals surface area contributed by atoms with Gasteiger partial charge in [-0.2, -0.15) is 0 Å². The summed E-state index contributed by atoms with van der Waals surface area (Å²) in [6, 6.07) is 8.15. The van der Waals surface area contributed by atoms with Gasteiger partial charge in [0, 0.05) is 31.8 Å². The van der Waals surface area contributed by atoms with Gasteiger partial charge in [-0.3, -0.25) is 9.59 Å². The maximum Gasteiger partial charge on any atom is 0.222 e. The van der Waals surface area contributed by atoms with Gasteiger partial charge in [-0.1, -0.05) is 12.1 Å². The summed E-state index contributed by atoms with van der Waals surface area (Å²) in [5.41, 5.74) is 1.22. The molecule has 22 heavy (non-hydrogen) atoms. The minimum absolute atomic E-state index is 0.126. The van der Waals surface area contributed by atoms with Gasteiger partial charge in [0.05, 0.1) is 13.2 Å². The van der Waals surface area contributed by atoms with Crippen LogP contribution in [-0.4, -0.2) is 43.0 Å². The highest BCUT2D eigenvalue weighted by molar-refractivity contribution is 5.81. The molecule has 2 saturated heterocycles. The molecular weight excluding hydrogens is 280 g/mol. The Hall–Kier alpha value is -2.04. The van der Waals surface area contributed by atoms with E-state index in [9.17, 15) is 9.59 Å². The molecule has 2 aliphatic heterocycles. The van der Waals surface area contributed by atoms with Gasteiger partial charge in [0.25, 0.3) is 0 Å². The fraction of sp³-hybridized carbons (Fsp3) is 0.529. The summed E-state index contributed by atoms with van der Waals surface area (Å²) in [5, 5.41) is 2.95. The number of fused-ring (bicyclic) bond motifs is 1. The fourth-order valence-electron chi connectivity index (χ4n) is 3.34. The molecule has 1 N–H and O–H groups in total. The normalized spacial score (nSPS) is 23.3. The highest BCUT2D eigenvalue weighted by Gasteiger charge is 2.41. The Morgan fingerprint density at radius 3 is 2.77 bits per heavy atom. The van der Waals surface area contributed by atoms with Crippen molar-refractivity contribution in [3.63, 3.8) is 0 Å². The molecule has 2 fully saturated rings. The van der Waals surface area contributed by atoms with Crippen molar-refractivity contribution in [2.75, 3.05) is 20.2 Å². The molecule has 2 atom stereocenters. The number of hydrogen-bond donors (Lipinski definition) is 1. The van der Waals surface area contributed by atoms with Crippen LogP contribution in [0.2, 0.25) is 0 Å². The number of aryl methyl sites for hydroxylation is 1. The van der Waals surface area contributed by atoms with E-state index >= 15 is 0 Å². The summed E-state index contributed by atoms with van der Waals surface area (Å²) in [5.74, 6) is 1.50. The number of nitrogens with one attached hydrogen (secondary N) is 1. The van der Waals surface area contributed by atoms with Gasteiger partial charge < -0.3 is 15.0 Å². The van der Waals surface area contributed by atoms with Crippen LogP contribution >= 0.6 is 0 Å². The SMILES string of the molecule is COc1ccc(CCCC(=O)N2C[C@@H]3CC(=O)N[C@@H]3C2)cc1. The van der Waals surface area contributed by atoms with Gasteiger partial charge in [-0.05, 0) is 30.5 Å². The average Bonchev–Trinajstić information content (AvgIpc) is 3.05. The van der Waals surface area contributed by atoms with E-state index in [0.717, 1.165) is 25.1 Å². The van der Waals surface area contributed by atoms with Crippen molar-refractivity contribution in [2.24, 2.45) is 5.92 Å². The zero-order chi connectivity index (χ0) is 15.5. The minimum Gasteiger partial charge on any atom is -0.497 e. The lowest BCUT2D eigenvalue weighted by molar-refractivity contribution is -0.131. The Balaban J connectivity index is 1.42. The van der Waals surface area contributed by atoms with Crippen LogP contribution in [0.25, 0.3) is 0 Å². The zero-order valence-electron chi connectivity index (χ0n) is 12.9. The molecule has 0 saturated carbocycles. The van der Waals surface area contributed by atoms with E-state index in [1.807, 2.05) is 29.2 Å². The third-order valence-electron chi connectivity index (χ3n) is 4.60. The Labute approximate surface area is 130 Å². The molecule has 118 valence electrons. The number of ether oxygens (including phenoxy) is 1. The smallest absolute Gasteiger partial charge is 0.222 e. The van der Waals surface area contributed by atoms with E-state index in [1.54, 1.807) is 7.11 Å². The third-order valence-corrected chi connectivity index (χ3v) is 4.60.